The number of ether oxygens (including phenoxy) is 2. The van der Waals surface area contributed by atoms with E-state index in [-0.39, 0.29) is 12.5 Å². The summed E-state index contributed by atoms with van der Waals surface area (Å²) in [7, 11) is 1.77. The first-order chi connectivity index (χ1) is 12.7. The SMILES string of the molecule is CN(Cc1cccc(-n2cccn2)c1)C(=O)[C@H]1COc2ccccc2O1. The number of carbonyl (C=O) groups is 1. The molecule has 0 saturated carbocycles. The molecule has 2 aromatic carbocycles. The van der Waals surface area contributed by atoms with Crippen LogP contribution in [0, 0.1) is 0 Å². The molecule has 2 heterocycles. The Bertz CT molecular complexity index is 908. The number of para-hydroxylation sites is 2. The molecule has 1 amide bonds. The molecule has 0 fully saturated rings. The Morgan fingerprint density at radius 2 is 2.04 bits per heavy atom. The highest BCUT2D eigenvalue weighted by Gasteiger charge is 2.29. The van der Waals surface area contributed by atoms with Crippen molar-refractivity contribution in [2.75, 3.05) is 13.7 Å². The largest absolute Gasteiger partial charge is 0.485 e. The van der Waals surface area contributed by atoms with Gasteiger partial charge in [-0.15, -0.1) is 0 Å². The van der Waals surface area contributed by atoms with Crippen molar-refractivity contribution in [3.05, 3.63) is 72.6 Å². The molecule has 1 aliphatic rings. The molecule has 132 valence electrons. The molecule has 0 aliphatic carbocycles. The van der Waals surface area contributed by atoms with E-state index in [9.17, 15) is 4.79 Å². The molecule has 6 nitrogen and oxygen atoms in total. The molecule has 0 N–H and O–H groups in total. The molecule has 6 heteroatoms. The van der Waals surface area contributed by atoms with Crippen LogP contribution in [0.5, 0.6) is 11.5 Å². The van der Waals surface area contributed by atoms with Crippen molar-refractivity contribution in [2.45, 2.75) is 12.6 Å². The first kappa shape index (κ1) is 16.2. The van der Waals surface area contributed by atoms with Gasteiger partial charge in [0.25, 0.3) is 5.91 Å². The van der Waals surface area contributed by atoms with E-state index in [2.05, 4.69) is 5.10 Å². The van der Waals surface area contributed by atoms with Gasteiger partial charge in [0, 0.05) is 26.0 Å². The zero-order chi connectivity index (χ0) is 17.9. The minimum atomic E-state index is -0.635. The maximum absolute atomic E-state index is 12.7. The number of hydrogen-bond donors (Lipinski definition) is 0. The van der Waals surface area contributed by atoms with E-state index < -0.39 is 6.10 Å². The van der Waals surface area contributed by atoms with Gasteiger partial charge in [-0.25, -0.2) is 4.68 Å². The fourth-order valence-electron chi connectivity index (χ4n) is 2.96. The summed E-state index contributed by atoms with van der Waals surface area (Å²) in [6.07, 6.45) is 2.99. The second-order valence-electron chi connectivity index (χ2n) is 6.18. The summed E-state index contributed by atoms with van der Waals surface area (Å²) in [5.41, 5.74) is 1.98. The Kier molecular flexibility index (Phi) is 4.31. The number of aromatic nitrogens is 2. The number of carbonyl (C=O) groups excluding carboxylic acids is 1. The third-order valence-corrected chi connectivity index (χ3v) is 4.26. The molecule has 4 rings (SSSR count). The molecule has 0 saturated heterocycles. The van der Waals surface area contributed by atoms with Gasteiger partial charge in [0.2, 0.25) is 6.10 Å². The topological polar surface area (TPSA) is 56.6 Å². The van der Waals surface area contributed by atoms with Crippen molar-refractivity contribution < 1.29 is 14.3 Å². The quantitative estimate of drug-likeness (QED) is 0.727. The molecule has 1 aromatic heterocycles. The van der Waals surface area contributed by atoms with Crippen LogP contribution in [0.1, 0.15) is 5.56 Å². The van der Waals surface area contributed by atoms with Crippen molar-refractivity contribution in [3.63, 3.8) is 0 Å². The lowest BCUT2D eigenvalue weighted by Crippen LogP contribution is -2.44. The van der Waals surface area contributed by atoms with E-state index in [1.165, 1.54) is 0 Å². The molecule has 0 spiro atoms. The lowest BCUT2D eigenvalue weighted by atomic mass is 10.1. The Morgan fingerprint density at radius 1 is 1.19 bits per heavy atom. The summed E-state index contributed by atoms with van der Waals surface area (Å²) in [5, 5.41) is 4.24. The minimum absolute atomic E-state index is 0.107. The Morgan fingerprint density at radius 3 is 2.85 bits per heavy atom. The first-order valence-corrected chi connectivity index (χ1v) is 8.43. The van der Waals surface area contributed by atoms with Crippen LogP contribution in [0.3, 0.4) is 0 Å². The highest BCUT2D eigenvalue weighted by atomic mass is 16.6. The number of nitrogens with zero attached hydrogens (tertiary/aromatic N) is 3. The number of likely N-dealkylation sites (N-methyl/N-ethyl adjacent to an activating group) is 1. The van der Waals surface area contributed by atoms with E-state index >= 15 is 0 Å². The third-order valence-electron chi connectivity index (χ3n) is 4.26. The molecule has 0 unspecified atom stereocenters. The predicted octanol–water partition coefficient (Wildman–Crippen LogP) is 2.67. The van der Waals surface area contributed by atoms with Crippen LogP contribution in [0.4, 0.5) is 0 Å². The summed E-state index contributed by atoms with van der Waals surface area (Å²) in [4.78, 5) is 14.4. The normalized spacial score (nSPS) is 15.5. The number of hydrogen-bond acceptors (Lipinski definition) is 4. The highest BCUT2D eigenvalue weighted by molar-refractivity contribution is 5.81. The fourth-order valence-corrected chi connectivity index (χ4v) is 2.96. The van der Waals surface area contributed by atoms with Crippen molar-refractivity contribution in [1.82, 2.24) is 14.7 Å². The number of fused-ring (bicyclic) bond motifs is 1. The second kappa shape index (κ2) is 6.92. The van der Waals surface area contributed by atoms with Crippen LogP contribution in [0.15, 0.2) is 67.0 Å². The van der Waals surface area contributed by atoms with Gasteiger partial charge in [-0.1, -0.05) is 24.3 Å². The van der Waals surface area contributed by atoms with Gasteiger partial charge in [0.05, 0.1) is 5.69 Å². The molecule has 0 bridgehead atoms. The van der Waals surface area contributed by atoms with Gasteiger partial charge in [-0.05, 0) is 35.9 Å². The maximum Gasteiger partial charge on any atom is 0.267 e. The van der Waals surface area contributed by atoms with Crippen LogP contribution in [-0.4, -0.2) is 40.3 Å². The highest BCUT2D eigenvalue weighted by Crippen LogP contribution is 2.31. The monoisotopic (exact) mass is 349 g/mol. The Hall–Kier alpha value is -3.28. The van der Waals surface area contributed by atoms with Gasteiger partial charge >= 0.3 is 0 Å². The molecule has 1 aliphatic heterocycles. The first-order valence-electron chi connectivity index (χ1n) is 8.43. The average Bonchev–Trinajstić information content (AvgIpc) is 3.22. The second-order valence-corrected chi connectivity index (χ2v) is 6.18. The standard InChI is InChI=1S/C20H19N3O3/c1-22(13-15-6-4-7-16(12-15)23-11-5-10-21-23)20(24)19-14-25-17-8-2-3-9-18(17)26-19/h2-12,19H,13-14H2,1H3/t19-/m1/s1. The molecule has 3 aromatic rings. The van der Waals surface area contributed by atoms with E-state index in [1.54, 1.807) is 22.8 Å². The van der Waals surface area contributed by atoms with Crippen LogP contribution in [0.2, 0.25) is 0 Å². The smallest absolute Gasteiger partial charge is 0.267 e. The van der Waals surface area contributed by atoms with Crippen molar-refractivity contribution in [2.24, 2.45) is 0 Å². The summed E-state index contributed by atoms with van der Waals surface area (Å²) in [6.45, 7) is 0.697. The van der Waals surface area contributed by atoms with Crippen molar-refractivity contribution in [1.29, 1.82) is 0 Å². The van der Waals surface area contributed by atoms with Gasteiger partial charge < -0.3 is 14.4 Å². The zero-order valence-corrected chi connectivity index (χ0v) is 14.4. The van der Waals surface area contributed by atoms with Crippen molar-refractivity contribution in [3.8, 4) is 17.2 Å². The molecule has 26 heavy (non-hydrogen) atoms. The summed E-state index contributed by atoms with van der Waals surface area (Å²) in [6, 6.07) is 17.2. The van der Waals surface area contributed by atoms with Gasteiger partial charge in [-0.2, -0.15) is 5.10 Å². The number of amides is 1. The van der Waals surface area contributed by atoms with Crippen LogP contribution < -0.4 is 9.47 Å². The molecule has 0 radical (unpaired) electrons. The summed E-state index contributed by atoms with van der Waals surface area (Å²) in [5.74, 6) is 1.17. The van der Waals surface area contributed by atoms with Gasteiger partial charge in [-0.3, -0.25) is 4.79 Å². The lowest BCUT2D eigenvalue weighted by Gasteiger charge is -2.29. The summed E-state index contributed by atoms with van der Waals surface area (Å²) < 4.78 is 13.2. The maximum atomic E-state index is 12.7. The fraction of sp³-hybridized carbons (Fsp3) is 0.200. The van der Waals surface area contributed by atoms with E-state index in [4.69, 9.17) is 9.47 Å². The Balaban J connectivity index is 1.44. The summed E-state index contributed by atoms with van der Waals surface area (Å²) >= 11 is 0. The number of benzene rings is 2. The van der Waals surface area contributed by atoms with Gasteiger partial charge in [0.15, 0.2) is 11.5 Å². The third kappa shape index (κ3) is 3.26. The predicted molar refractivity (Wildman–Crippen MR) is 96.4 cm³/mol. The van der Waals surface area contributed by atoms with E-state index in [0.29, 0.717) is 18.0 Å². The van der Waals surface area contributed by atoms with E-state index in [1.807, 2.05) is 60.8 Å². The average molecular weight is 349 g/mol. The van der Waals surface area contributed by atoms with Crippen LogP contribution in [-0.2, 0) is 11.3 Å². The molecular weight excluding hydrogens is 330 g/mol. The van der Waals surface area contributed by atoms with Crippen LogP contribution >= 0.6 is 0 Å². The Labute approximate surface area is 151 Å². The van der Waals surface area contributed by atoms with Crippen LogP contribution in [0.25, 0.3) is 5.69 Å². The molecular formula is C20H19N3O3. The van der Waals surface area contributed by atoms with E-state index in [0.717, 1.165) is 11.3 Å². The lowest BCUT2D eigenvalue weighted by molar-refractivity contribution is -0.140. The zero-order valence-electron chi connectivity index (χ0n) is 14.4. The number of rotatable bonds is 4. The molecule has 1 atom stereocenters. The van der Waals surface area contributed by atoms with Crippen molar-refractivity contribution >= 4 is 5.91 Å². The van der Waals surface area contributed by atoms with Gasteiger partial charge in [0.1, 0.15) is 6.61 Å². The minimum Gasteiger partial charge on any atom is -0.485 e.